The minimum Gasteiger partial charge on any atom is -0.340 e. The zero-order valence-corrected chi connectivity index (χ0v) is 13.0. The Labute approximate surface area is 116 Å². The van der Waals surface area contributed by atoms with E-state index in [0.717, 1.165) is 13.0 Å². The Bertz CT molecular complexity index is 351. The van der Waals surface area contributed by atoms with Crippen molar-refractivity contribution >= 4 is 11.8 Å². The molecule has 5 heteroatoms. The molecular formula is C14H27N3O2. The lowest BCUT2D eigenvalue weighted by Crippen LogP contribution is -2.69. The van der Waals surface area contributed by atoms with Gasteiger partial charge in [-0.15, -0.1) is 0 Å². The molecule has 0 spiro atoms. The van der Waals surface area contributed by atoms with Gasteiger partial charge in [0.2, 0.25) is 11.8 Å². The Morgan fingerprint density at radius 2 is 1.89 bits per heavy atom. The van der Waals surface area contributed by atoms with Crippen molar-refractivity contribution in [3.63, 3.8) is 0 Å². The van der Waals surface area contributed by atoms with E-state index in [2.05, 4.69) is 10.2 Å². The fraction of sp³-hybridized carbons (Fsp3) is 0.857. The summed E-state index contributed by atoms with van der Waals surface area (Å²) >= 11 is 0. The van der Waals surface area contributed by atoms with E-state index in [-0.39, 0.29) is 23.8 Å². The third-order valence-corrected chi connectivity index (χ3v) is 3.47. The molecule has 1 unspecified atom stereocenters. The van der Waals surface area contributed by atoms with Crippen LogP contribution in [0.15, 0.2) is 0 Å². The molecule has 1 N–H and O–H groups in total. The predicted octanol–water partition coefficient (Wildman–Crippen LogP) is 0.700. The van der Waals surface area contributed by atoms with E-state index in [4.69, 9.17) is 0 Å². The molecule has 1 saturated heterocycles. The third kappa shape index (κ3) is 3.69. The molecular weight excluding hydrogens is 242 g/mol. The first-order valence-electron chi connectivity index (χ1n) is 6.94. The van der Waals surface area contributed by atoms with Gasteiger partial charge in [0.05, 0.1) is 0 Å². The molecule has 19 heavy (non-hydrogen) atoms. The first-order valence-corrected chi connectivity index (χ1v) is 6.94. The summed E-state index contributed by atoms with van der Waals surface area (Å²) in [6, 6.07) is -0.345. The van der Waals surface area contributed by atoms with Crippen LogP contribution in [0.3, 0.4) is 0 Å². The normalized spacial score (nSPS) is 23.2. The summed E-state index contributed by atoms with van der Waals surface area (Å²) in [5.74, 6) is 0.105. The van der Waals surface area contributed by atoms with E-state index in [1.54, 1.807) is 18.7 Å². The van der Waals surface area contributed by atoms with Crippen LogP contribution in [0.5, 0.6) is 0 Å². The number of hydrogen-bond donors (Lipinski definition) is 1. The van der Waals surface area contributed by atoms with Gasteiger partial charge in [-0.1, -0.05) is 13.8 Å². The van der Waals surface area contributed by atoms with Crippen molar-refractivity contribution in [1.29, 1.82) is 0 Å². The predicted molar refractivity (Wildman–Crippen MR) is 75.7 cm³/mol. The van der Waals surface area contributed by atoms with Gasteiger partial charge in [-0.2, -0.15) is 0 Å². The van der Waals surface area contributed by atoms with Gasteiger partial charge in [0, 0.05) is 6.54 Å². The van der Waals surface area contributed by atoms with Gasteiger partial charge >= 0.3 is 0 Å². The van der Waals surface area contributed by atoms with E-state index >= 15 is 0 Å². The average molecular weight is 269 g/mol. The van der Waals surface area contributed by atoms with Gasteiger partial charge in [0.15, 0.2) is 0 Å². The van der Waals surface area contributed by atoms with Crippen LogP contribution in [-0.2, 0) is 9.59 Å². The molecule has 110 valence electrons. The van der Waals surface area contributed by atoms with Crippen LogP contribution in [0.4, 0.5) is 0 Å². The molecule has 1 aliphatic heterocycles. The minimum absolute atomic E-state index is 0.0181. The molecule has 1 atom stereocenters. The van der Waals surface area contributed by atoms with Crippen molar-refractivity contribution in [3.05, 3.63) is 0 Å². The second kappa shape index (κ2) is 5.90. The summed E-state index contributed by atoms with van der Waals surface area (Å²) in [5, 5.41) is 2.83. The highest BCUT2D eigenvalue weighted by atomic mass is 16.2. The van der Waals surface area contributed by atoms with Crippen LogP contribution in [0.2, 0.25) is 0 Å². The molecule has 1 fully saturated rings. The number of rotatable bonds is 5. The van der Waals surface area contributed by atoms with Crippen LogP contribution in [0.25, 0.3) is 0 Å². The number of nitrogens with zero attached hydrogens (tertiary/aromatic N) is 2. The molecule has 0 bridgehead atoms. The number of carbonyl (C=O) groups excluding carboxylic acids is 2. The lowest BCUT2D eigenvalue weighted by Gasteiger charge is -2.44. The first-order chi connectivity index (χ1) is 8.66. The van der Waals surface area contributed by atoms with E-state index in [9.17, 15) is 9.59 Å². The zero-order valence-electron chi connectivity index (χ0n) is 13.0. The molecule has 0 radical (unpaired) electrons. The van der Waals surface area contributed by atoms with Gasteiger partial charge in [-0.3, -0.25) is 9.59 Å². The maximum atomic E-state index is 12.5. The van der Waals surface area contributed by atoms with E-state index in [1.807, 2.05) is 27.9 Å². The summed E-state index contributed by atoms with van der Waals surface area (Å²) in [4.78, 5) is 28.5. The molecule has 1 aliphatic rings. The summed E-state index contributed by atoms with van der Waals surface area (Å²) in [6.07, 6.45) is 0.880. The molecule has 0 aromatic rings. The lowest BCUT2D eigenvalue weighted by atomic mass is 9.91. The van der Waals surface area contributed by atoms with Gasteiger partial charge < -0.3 is 15.1 Å². The zero-order chi connectivity index (χ0) is 14.8. The second-order valence-electron chi connectivity index (χ2n) is 6.46. The molecule has 0 aliphatic carbocycles. The van der Waals surface area contributed by atoms with Gasteiger partial charge in [0.1, 0.15) is 11.6 Å². The number of hydrogen-bond acceptors (Lipinski definition) is 3. The Hall–Kier alpha value is -1.10. The molecule has 0 aromatic heterocycles. The van der Waals surface area contributed by atoms with Crippen LogP contribution in [0, 0.1) is 5.92 Å². The summed E-state index contributed by atoms with van der Waals surface area (Å²) in [5.41, 5.74) is -0.791. The van der Waals surface area contributed by atoms with Gasteiger partial charge in [-0.05, 0) is 46.8 Å². The second-order valence-corrected chi connectivity index (χ2v) is 6.46. The van der Waals surface area contributed by atoms with E-state index < -0.39 is 5.54 Å². The van der Waals surface area contributed by atoms with Crippen LogP contribution in [0.1, 0.15) is 34.1 Å². The van der Waals surface area contributed by atoms with Crippen LogP contribution in [-0.4, -0.2) is 60.4 Å². The molecule has 1 rings (SSSR count). The Kier molecular flexibility index (Phi) is 4.96. The van der Waals surface area contributed by atoms with Crippen molar-refractivity contribution in [2.45, 2.75) is 45.7 Å². The van der Waals surface area contributed by atoms with Crippen LogP contribution >= 0.6 is 0 Å². The fourth-order valence-electron chi connectivity index (χ4n) is 2.52. The quantitative estimate of drug-likeness (QED) is 0.799. The number of amides is 2. The van der Waals surface area contributed by atoms with Crippen LogP contribution < -0.4 is 5.32 Å². The van der Waals surface area contributed by atoms with Crippen molar-refractivity contribution in [2.75, 3.05) is 27.2 Å². The number of piperazine rings is 1. The topological polar surface area (TPSA) is 52.7 Å². The third-order valence-electron chi connectivity index (χ3n) is 3.47. The maximum absolute atomic E-state index is 12.5. The van der Waals surface area contributed by atoms with Crippen molar-refractivity contribution in [2.24, 2.45) is 5.92 Å². The maximum Gasteiger partial charge on any atom is 0.248 e. The molecule has 0 aromatic carbocycles. The monoisotopic (exact) mass is 269 g/mol. The molecule has 5 nitrogen and oxygen atoms in total. The summed E-state index contributed by atoms with van der Waals surface area (Å²) < 4.78 is 0. The van der Waals surface area contributed by atoms with E-state index in [1.165, 1.54) is 0 Å². The largest absolute Gasteiger partial charge is 0.340 e. The highest BCUT2D eigenvalue weighted by molar-refractivity contribution is 5.99. The first kappa shape index (κ1) is 16.0. The molecule has 1 heterocycles. The summed E-state index contributed by atoms with van der Waals surface area (Å²) in [7, 11) is 4.02. The number of nitrogens with one attached hydrogen (secondary N) is 1. The summed E-state index contributed by atoms with van der Waals surface area (Å²) in [6.45, 7) is 9.04. The van der Waals surface area contributed by atoms with Crippen molar-refractivity contribution < 1.29 is 9.59 Å². The van der Waals surface area contributed by atoms with Gasteiger partial charge in [-0.25, -0.2) is 0 Å². The van der Waals surface area contributed by atoms with E-state index in [0.29, 0.717) is 6.54 Å². The highest BCUT2D eigenvalue weighted by Crippen LogP contribution is 2.22. The molecule has 2 amide bonds. The molecule has 0 saturated carbocycles. The smallest absolute Gasteiger partial charge is 0.248 e. The van der Waals surface area contributed by atoms with Gasteiger partial charge in [0.25, 0.3) is 0 Å². The SMILES string of the molecule is CC(C)C1C(=O)NC(C)(C)C(=O)N1CCCN(C)C. The standard InChI is InChI=1S/C14H27N3O2/c1-10(2)11-12(18)15-14(3,4)13(19)17(11)9-7-8-16(5)6/h10-11H,7-9H2,1-6H3,(H,15,18). The number of carbonyl (C=O) groups is 2. The lowest BCUT2D eigenvalue weighted by molar-refractivity contribution is -0.155. The highest BCUT2D eigenvalue weighted by Gasteiger charge is 2.45. The minimum atomic E-state index is -0.791. The van der Waals surface area contributed by atoms with Crippen molar-refractivity contribution in [3.8, 4) is 0 Å². The Balaban J connectivity index is 2.84. The Morgan fingerprint density at radius 1 is 1.32 bits per heavy atom. The average Bonchev–Trinajstić information content (AvgIpc) is 2.23. The van der Waals surface area contributed by atoms with Crippen molar-refractivity contribution in [1.82, 2.24) is 15.1 Å². The fourth-order valence-corrected chi connectivity index (χ4v) is 2.52. The Morgan fingerprint density at radius 3 is 2.37 bits per heavy atom.